The molecule has 0 aliphatic carbocycles. The summed E-state index contributed by atoms with van der Waals surface area (Å²) in [6.45, 7) is 1.94. The Bertz CT molecular complexity index is 1640. The molecular weight excluding hydrogens is 599 g/mol. The third-order valence-electron chi connectivity index (χ3n) is 5.97. The Morgan fingerprint density at radius 2 is 1.53 bits per heavy atom. The van der Waals surface area contributed by atoms with Gasteiger partial charge in [0, 0.05) is 16.1 Å². The second kappa shape index (κ2) is 14.1. The van der Waals surface area contributed by atoms with Crippen molar-refractivity contribution >= 4 is 58.5 Å². The van der Waals surface area contributed by atoms with Crippen molar-refractivity contribution in [3.8, 4) is 0 Å². The lowest BCUT2D eigenvalue weighted by Crippen LogP contribution is -2.30. The summed E-state index contributed by atoms with van der Waals surface area (Å²) in [4.78, 5) is 39.1. The standard InChI is InChI=1S/C32H25ClF3N3O3S/c1-20-7-9-21(10-8-20)17-28(39-30(41)22-5-3-2-4-6-22)31(42)37-24-12-14-25(15-13-24)43-19-29(40)38-27-18-23(32(34,35)36)11-16-26(27)33/h2-18H,19H2,1H3,(H,37,42)(H,38,40)(H,39,41)/b28-17-. The first kappa shape index (κ1) is 31.4. The molecule has 0 atom stereocenters. The summed E-state index contributed by atoms with van der Waals surface area (Å²) in [6, 6.07) is 25.3. The third-order valence-corrected chi connectivity index (χ3v) is 7.31. The number of halogens is 4. The molecule has 4 rings (SSSR count). The van der Waals surface area contributed by atoms with E-state index in [0.717, 1.165) is 41.1 Å². The Balaban J connectivity index is 1.39. The molecule has 0 saturated heterocycles. The molecule has 3 amide bonds. The van der Waals surface area contributed by atoms with Crippen LogP contribution in [0.3, 0.4) is 0 Å². The fraction of sp³-hybridized carbons (Fsp3) is 0.0938. The summed E-state index contributed by atoms with van der Waals surface area (Å²) in [5.41, 5.74) is 1.60. The molecule has 0 aliphatic heterocycles. The third kappa shape index (κ3) is 9.22. The molecule has 0 radical (unpaired) electrons. The molecule has 3 N–H and O–H groups in total. The quantitative estimate of drug-likeness (QED) is 0.131. The van der Waals surface area contributed by atoms with Crippen LogP contribution < -0.4 is 16.0 Å². The number of thioether (sulfide) groups is 1. The minimum atomic E-state index is -4.57. The van der Waals surface area contributed by atoms with Crippen molar-refractivity contribution < 1.29 is 27.6 Å². The van der Waals surface area contributed by atoms with Crippen LogP contribution >= 0.6 is 23.4 Å². The van der Waals surface area contributed by atoms with Crippen molar-refractivity contribution in [2.45, 2.75) is 18.0 Å². The number of alkyl halides is 3. The number of benzene rings is 4. The molecular formula is C32H25ClF3N3O3S. The molecule has 43 heavy (non-hydrogen) atoms. The summed E-state index contributed by atoms with van der Waals surface area (Å²) in [6.07, 6.45) is -2.99. The van der Waals surface area contributed by atoms with Gasteiger partial charge in [-0.2, -0.15) is 13.2 Å². The lowest BCUT2D eigenvalue weighted by molar-refractivity contribution is -0.137. The highest BCUT2D eigenvalue weighted by Gasteiger charge is 2.31. The molecule has 0 fully saturated rings. The van der Waals surface area contributed by atoms with E-state index in [-0.39, 0.29) is 22.2 Å². The van der Waals surface area contributed by atoms with Crippen molar-refractivity contribution in [2.75, 3.05) is 16.4 Å². The van der Waals surface area contributed by atoms with Crippen molar-refractivity contribution in [3.05, 3.63) is 130 Å². The summed E-state index contributed by atoms with van der Waals surface area (Å²) < 4.78 is 39.0. The zero-order valence-electron chi connectivity index (χ0n) is 22.7. The number of amides is 3. The first-order chi connectivity index (χ1) is 20.5. The molecule has 0 aromatic heterocycles. The summed E-state index contributed by atoms with van der Waals surface area (Å²) in [7, 11) is 0. The number of carbonyl (C=O) groups is 3. The molecule has 0 unspecified atom stereocenters. The molecule has 220 valence electrons. The summed E-state index contributed by atoms with van der Waals surface area (Å²) in [5.74, 6) is -1.61. The fourth-order valence-corrected chi connectivity index (χ4v) is 4.60. The zero-order chi connectivity index (χ0) is 31.0. The molecule has 6 nitrogen and oxygen atoms in total. The second-order valence-corrected chi connectivity index (χ2v) is 10.8. The number of nitrogens with one attached hydrogen (secondary N) is 3. The van der Waals surface area contributed by atoms with Gasteiger partial charge in [-0.05, 0) is 73.2 Å². The van der Waals surface area contributed by atoms with Crippen LogP contribution in [0.5, 0.6) is 0 Å². The highest BCUT2D eigenvalue weighted by Crippen LogP contribution is 2.34. The largest absolute Gasteiger partial charge is 0.416 e. The maximum atomic E-state index is 13.2. The van der Waals surface area contributed by atoms with E-state index < -0.39 is 29.5 Å². The average Bonchev–Trinajstić information content (AvgIpc) is 2.98. The SMILES string of the molecule is Cc1ccc(/C=C(\NC(=O)c2ccccc2)C(=O)Nc2ccc(SCC(=O)Nc3cc(C(F)(F)F)ccc3Cl)cc2)cc1. The lowest BCUT2D eigenvalue weighted by Gasteiger charge is -2.12. The van der Waals surface area contributed by atoms with E-state index in [9.17, 15) is 27.6 Å². The van der Waals surface area contributed by atoms with Gasteiger partial charge in [0.05, 0.1) is 22.0 Å². The van der Waals surface area contributed by atoms with Gasteiger partial charge in [-0.1, -0.05) is 59.6 Å². The van der Waals surface area contributed by atoms with Crippen molar-refractivity contribution in [3.63, 3.8) is 0 Å². The van der Waals surface area contributed by atoms with Gasteiger partial charge in [0.15, 0.2) is 0 Å². The highest BCUT2D eigenvalue weighted by molar-refractivity contribution is 8.00. The van der Waals surface area contributed by atoms with Gasteiger partial charge in [0.2, 0.25) is 5.91 Å². The van der Waals surface area contributed by atoms with Gasteiger partial charge in [-0.15, -0.1) is 11.8 Å². The Hall–Kier alpha value is -4.54. The Kier molecular flexibility index (Phi) is 10.3. The number of anilines is 2. The van der Waals surface area contributed by atoms with E-state index in [2.05, 4.69) is 16.0 Å². The van der Waals surface area contributed by atoms with Gasteiger partial charge >= 0.3 is 6.18 Å². The Morgan fingerprint density at radius 3 is 2.19 bits per heavy atom. The zero-order valence-corrected chi connectivity index (χ0v) is 24.2. The summed E-state index contributed by atoms with van der Waals surface area (Å²) in [5, 5.41) is 7.84. The van der Waals surface area contributed by atoms with Gasteiger partial charge in [0.25, 0.3) is 11.8 Å². The number of carbonyl (C=O) groups excluding carboxylic acids is 3. The van der Waals surface area contributed by atoms with Crippen LogP contribution in [-0.2, 0) is 15.8 Å². The van der Waals surface area contributed by atoms with Crippen LogP contribution in [0.2, 0.25) is 5.02 Å². The minimum Gasteiger partial charge on any atom is -0.324 e. The van der Waals surface area contributed by atoms with Crippen molar-refractivity contribution in [1.29, 1.82) is 0 Å². The Morgan fingerprint density at radius 1 is 0.860 bits per heavy atom. The van der Waals surface area contributed by atoms with Crippen LogP contribution in [0.15, 0.2) is 108 Å². The fourth-order valence-electron chi connectivity index (χ4n) is 3.74. The van der Waals surface area contributed by atoms with Gasteiger partial charge in [-0.25, -0.2) is 0 Å². The Labute approximate surface area is 255 Å². The van der Waals surface area contributed by atoms with Gasteiger partial charge in [0.1, 0.15) is 5.70 Å². The van der Waals surface area contributed by atoms with E-state index >= 15 is 0 Å². The van der Waals surface area contributed by atoms with Crippen molar-refractivity contribution in [2.24, 2.45) is 0 Å². The molecule has 0 heterocycles. The maximum Gasteiger partial charge on any atom is 0.416 e. The molecule has 4 aromatic carbocycles. The predicted molar refractivity (Wildman–Crippen MR) is 164 cm³/mol. The first-order valence-corrected chi connectivity index (χ1v) is 14.2. The normalized spacial score (nSPS) is 11.5. The van der Waals surface area contributed by atoms with E-state index in [1.165, 1.54) is 0 Å². The number of hydrogen-bond donors (Lipinski definition) is 3. The number of rotatable bonds is 9. The number of aryl methyl sites for hydroxylation is 1. The monoisotopic (exact) mass is 623 g/mol. The van der Waals surface area contributed by atoms with E-state index in [4.69, 9.17) is 11.6 Å². The lowest BCUT2D eigenvalue weighted by atomic mass is 10.1. The van der Waals surface area contributed by atoms with Crippen LogP contribution in [0.1, 0.15) is 27.0 Å². The number of hydrogen-bond acceptors (Lipinski definition) is 4. The predicted octanol–water partition coefficient (Wildman–Crippen LogP) is 7.81. The molecule has 0 saturated carbocycles. The minimum absolute atomic E-state index is 0.0119. The smallest absolute Gasteiger partial charge is 0.324 e. The van der Waals surface area contributed by atoms with Crippen LogP contribution in [0.25, 0.3) is 6.08 Å². The molecule has 0 bridgehead atoms. The van der Waals surface area contributed by atoms with Crippen LogP contribution in [-0.4, -0.2) is 23.5 Å². The van der Waals surface area contributed by atoms with Crippen molar-refractivity contribution in [1.82, 2.24) is 5.32 Å². The summed E-state index contributed by atoms with van der Waals surface area (Å²) >= 11 is 7.10. The molecule has 0 spiro atoms. The highest BCUT2D eigenvalue weighted by atomic mass is 35.5. The van der Waals surface area contributed by atoms with E-state index in [1.54, 1.807) is 60.7 Å². The van der Waals surface area contributed by atoms with Gasteiger partial charge < -0.3 is 16.0 Å². The molecule has 4 aromatic rings. The topological polar surface area (TPSA) is 87.3 Å². The average molecular weight is 624 g/mol. The van der Waals surface area contributed by atoms with Crippen LogP contribution in [0, 0.1) is 6.92 Å². The second-order valence-electron chi connectivity index (χ2n) is 9.30. The van der Waals surface area contributed by atoms with E-state index in [0.29, 0.717) is 16.1 Å². The first-order valence-electron chi connectivity index (χ1n) is 12.8. The van der Waals surface area contributed by atoms with E-state index in [1.807, 2.05) is 31.2 Å². The van der Waals surface area contributed by atoms with Gasteiger partial charge in [-0.3, -0.25) is 14.4 Å². The molecule has 11 heteroatoms. The molecule has 0 aliphatic rings. The maximum absolute atomic E-state index is 13.2. The van der Waals surface area contributed by atoms with Crippen LogP contribution in [0.4, 0.5) is 24.5 Å².